The monoisotopic (exact) mass is 336 g/mol. The van der Waals surface area contributed by atoms with Crippen LogP contribution in [0.25, 0.3) is 0 Å². The molecule has 0 spiro atoms. The van der Waals surface area contributed by atoms with Gasteiger partial charge in [-0.05, 0) is 38.5 Å². The average molecular weight is 336 g/mol. The maximum absolute atomic E-state index is 12.2. The number of piperidine rings is 1. The smallest absolute Gasteiger partial charge is 0.314 e. The zero-order valence-electron chi connectivity index (χ0n) is 13.3. The molecule has 23 heavy (non-hydrogen) atoms. The van der Waals surface area contributed by atoms with Crippen LogP contribution in [0.5, 0.6) is 0 Å². The van der Waals surface area contributed by atoms with Gasteiger partial charge in [0.1, 0.15) is 0 Å². The molecular formula is C16H24N4O2S. The van der Waals surface area contributed by atoms with E-state index >= 15 is 0 Å². The van der Waals surface area contributed by atoms with Crippen LogP contribution in [0.15, 0.2) is 0 Å². The van der Waals surface area contributed by atoms with Crippen molar-refractivity contribution in [1.82, 2.24) is 15.2 Å². The van der Waals surface area contributed by atoms with Crippen LogP contribution >= 0.6 is 11.3 Å². The zero-order chi connectivity index (χ0) is 16.2. The standard InChI is InChI=1S/C16H24N4O2S/c17-16(22)20-9-3-4-11(10-20)15(21)18-8-7-14-19-12-5-1-2-6-13(12)23-14/h11H,1-10H2,(H2,17,22)(H,18,21). The fourth-order valence-electron chi connectivity index (χ4n) is 3.34. The van der Waals surface area contributed by atoms with E-state index in [2.05, 4.69) is 5.32 Å². The molecule has 1 atom stereocenters. The highest BCUT2D eigenvalue weighted by atomic mass is 32.1. The molecule has 0 aromatic carbocycles. The Balaban J connectivity index is 1.45. The molecular weight excluding hydrogens is 312 g/mol. The Morgan fingerprint density at radius 3 is 2.91 bits per heavy atom. The van der Waals surface area contributed by atoms with Gasteiger partial charge in [0, 0.05) is 30.9 Å². The Bertz CT molecular complexity index is 563. The molecule has 1 fully saturated rings. The maximum Gasteiger partial charge on any atom is 0.314 e. The van der Waals surface area contributed by atoms with E-state index in [-0.39, 0.29) is 11.8 Å². The van der Waals surface area contributed by atoms with Gasteiger partial charge < -0.3 is 16.0 Å². The second kappa shape index (κ2) is 7.29. The number of rotatable bonds is 4. The molecule has 1 aliphatic carbocycles. The summed E-state index contributed by atoms with van der Waals surface area (Å²) in [5.74, 6) is -0.113. The van der Waals surface area contributed by atoms with Crippen LogP contribution in [-0.2, 0) is 24.1 Å². The van der Waals surface area contributed by atoms with Gasteiger partial charge in [-0.2, -0.15) is 0 Å². The largest absolute Gasteiger partial charge is 0.355 e. The lowest BCUT2D eigenvalue weighted by atomic mass is 9.97. The summed E-state index contributed by atoms with van der Waals surface area (Å²) < 4.78 is 0. The van der Waals surface area contributed by atoms with Crippen LogP contribution in [0.4, 0.5) is 4.79 Å². The molecule has 1 aromatic heterocycles. The molecule has 2 heterocycles. The van der Waals surface area contributed by atoms with Crippen molar-refractivity contribution < 1.29 is 9.59 Å². The number of hydrogen-bond acceptors (Lipinski definition) is 4. The van der Waals surface area contributed by atoms with Gasteiger partial charge in [-0.1, -0.05) is 0 Å². The van der Waals surface area contributed by atoms with Crippen LogP contribution in [0.2, 0.25) is 0 Å². The third-order valence-corrected chi connectivity index (χ3v) is 5.85. The van der Waals surface area contributed by atoms with E-state index in [1.807, 2.05) is 0 Å². The van der Waals surface area contributed by atoms with Gasteiger partial charge in [-0.15, -0.1) is 11.3 Å². The summed E-state index contributed by atoms with van der Waals surface area (Å²) in [7, 11) is 0. The SMILES string of the molecule is NC(=O)N1CCCC(C(=O)NCCc2nc3c(s2)CCCC3)C1. The predicted molar refractivity (Wildman–Crippen MR) is 89.4 cm³/mol. The van der Waals surface area contributed by atoms with Gasteiger partial charge in [0.25, 0.3) is 0 Å². The minimum absolute atomic E-state index is 0.0252. The van der Waals surface area contributed by atoms with Gasteiger partial charge >= 0.3 is 6.03 Å². The minimum atomic E-state index is -0.434. The molecule has 7 heteroatoms. The van der Waals surface area contributed by atoms with E-state index in [1.54, 1.807) is 16.2 Å². The second-order valence-electron chi connectivity index (χ2n) is 6.35. The number of aromatic nitrogens is 1. The van der Waals surface area contributed by atoms with Gasteiger partial charge in [0.15, 0.2) is 0 Å². The molecule has 1 saturated heterocycles. The number of urea groups is 1. The van der Waals surface area contributed by atoms with Crippen molar-refractivity contribution in [3.05, 3.63) is 15.6 Å². The first-order chi connectivity index (χ1) is 11.1. The topological polar surface area (TPSA) is 88.3 Å². The summed E-state index contributed by atoms with van der Waals surface area (Å²) >= 11 is 1.80. The Kier molecular flexibility index (Phi) is 5.15. The van der Waals surface area contributed by atoms with E-state index in [0.717, 1.165) is 37.1 Å². The molecule has 0 bridgehead atoms. The van der Waals surface area contributed by atoms with E-state index in [4.69, 9.17) is 10.7 Å². The molecule has 1 aliphatic heterocycles. The number of carbonyl (C=O) groups is 2. The molecule has 0 radical (unpaired) electrons. The van der Waals surface area contributed by atoms with Crippen LogP contribution in [0.1, 0.15) is 41.3 Å². The van der Waals surface area contributed by atoms with Gasteiger partial charge in [0.05, 0.1) is 16.6 Å². The molecule has 6 nitrogen and oxygen atoms in total. The first-order valence-corrected chi connectivity index (χ1v) is 9.24. The normalized spacial score (nSPS) is 20.9. The number of aryl methyl sites for hydroxylation is 2. The number of nitrogens with zero attached hydrogens (tertiary/aromatic N) is 2. The Labute approximate surface area is 140 Å². The van der Waals surface area contributed by atoms with Crippen LogP contribution < -0.4 is 11.1 Å². The summed E-state index contributed by atoms with van der Waals surface area (Å²) in [5, 5.41) is 4.11. The molecule has 3 amide bonds. The van der Waals surface area contributed by atoms with Crippen molar-refractivity contribution >= 4 is 23.3 Å². The van der Waals surface area contributed by atoms with Crippen molar-refractivity contribution in [1.29, 1.82) is 0 Å². The number of primary amides is 1. The first kappa shape index (κ1) is 16.2. The van der Waals surface area contributed by atoms with Gasteiger partial charge in [-0.3, -0.25) is 4.79 Å². The number of likely N-dealkylation sites (tertiary alicyclic amines) is 1. The molecule has 1 aromatic rings. The summed E-state index contributed by atoms with van der Waals surface area (Å²) in [6.07, 6.45) is 7.21. The molecule has 1 unspecified atom stereocenters. The third-order valence-electron chi connectivity index (χ3n) is 4.63. The van der Waals surface area contributed by atoms with E-state index < -0.39 is 6.03 Å². The molecule has 3 rings (SSSR count). The summed E-state index contributed by atoms with van der Waals surface area (Å²) in [4.78, 5) is 31.2. The lowest BCUT2D eigenvalue weighted by Gasteiger charge is -2.30. The van der Waals surface area contributed by atoms with Gasteiger partial charge in [0.2, 0.25) is 5.91 Å². The minimum Gasteiger partial charge on any atom is -0.355 e. The highest BCUT2D eigenvalue weighted by molar-refractivity contribution is 7.11. The number of hydrogen-bond donors (Lipinski definition) is 2. The van der Waals surface area contributed by atoms with Crippen molar-refractivity contribution in [2.24, 2.45) is 11.7 Å². The van der Waals surface area contributed by atoms with E-state index in [9.17, 15) is 9.59 Å². The third kappa shape index (κ3) is 4.02. The number of carbonyl (C=O) groups excluding carboxylic acids is 2. The quantitative estimate of drug-likeness (QED) is 0.873. The number of thiazole rings is 1. The molecule has 3 N–H and O–H groups in total. The average Bonchev–Trinajstić information content (AvgIpc) is 2.97. The van der Waals surface area contributed by atoms with E-state index in [1.165, 1.54) is 23.4 Å². The van der Waals surface area contributed by atoms with Crippen LogP contribution in [0, 0.1) is 5.92 Å². The molecule has 126 valence electrons. The van der Waals surface area contributed by atoms with Crippen LogP contribution in [-0.4, -0.2) is 41.5 Å². The fourth-order valence-corrected chi connectivity index (χ4v) is 4.50. The lowest BCUT2D eigenvalue weighted by Crippen LogP contribution is -2.47. The Morgan fingerprint density at radius 2 is 2.13 bits per heavy atom. The highest BCUT2D eigenvalue weighted by Gasteiger charge is 2.27. The fraction of sp³-hybridized carbons (Fsp3) is 0.688. The van der Waals surface area contributed by atoms with Crippen molar-refractivity contribution in [3.63, 3.8) is 0 Å². The first-order valence-electron chi connectivity index (χ1n) is 8.43. The summed E-state index contributed by atoms with van der Waals surface area (Å²) in [6, 6.07) is -0.434. The Hall–Kier alpha value is -1.63. The number of nitrogens with one attached hydrogen (secondary N) is 1. The van der Waals surface area contributed by atoms with Crippen molar-refractivity contribution in [2.45, 2.75) is 44.9 Å². The zero-order valence-corrected chi connectivity index (χ0v) is 14.2. The highest BCUT2D eigenvalue weighted by Crippen LogP contribution is 2.26. The molecule has 0 saturated carbocycles. The van der Waals surface area contributed by atoms with Gasteiger partial charge in [-0.25, -0.2) is 9.78 Å². The number of fused-ring (bicyclic) bond motifs is 1. The molecule has 2 aliphatic rings. The van der Waals surface area contributed by atoms with Crippen LogP contribution in [0.3, 0.4) is 0 Å². The predicted octanol–water partition coefficient (Wildman–Crippen LogP) is 1.47. The number of amides is 3. The number of nitrogens with two attached hydrogens (primary N) is 1. The van der Waals surface area contributed by atoms with E-state index in [0.29, 0.717) is 19.6 Å². The van der Waals surface area contributed by atoms with Crippen molar-refractivity contribution in [2.75, 3.05) is 19.6 Å². The van der Waals surface area contributed by atoms with Crippen molar-refractivity contribution in [3.8, 4) is 0 Å². The second-order valence-corrected chi connectivity index (χ2v) is 7.52. The summed E-state index contributed by atoms with van der Waals surface area (Å²) in [6.45, 7) is 1.70. The lowest BCUT2D eigenvalue weighted by molar-refractivity contribution is -0.126. The summed E-state index contributed by atoms with van der Waals surface area (Å²) in [5.41, 5.74) is 6.57. The maximum atomic E-state index is 12.2. The Morgan fingerprint density at radius 1 is 1.30 bits per heavy atom.